The number of thiophene rings is 1. The van der Waals surface area contributed by atoms with E-state index >= 15 is 0 Å². The van der Waals surface area contributed by atoms with Crippen LogP contribution in [-0.2, 0) is 53.1 Å². The molecule has 10 rings (SSSR count). The van der Waals surface area contributed by atoms with Gasteiger partial charge in [-0.3, -0.25) is 33.8 Å². The molecule has 5 heterocycles. The number of aromatic nitrogens is 4. The highest BCUT2D eigenvalue weighted by molar-refractivity contribution is 7.22. The van der Waals surface area contributed by atoms with Crippen molar-refractivity contribution in [3.05, 3.63) is 173 Å². The van der Waals surface area contributed by atoms with Gasteiger partial charge in [-0.1, -0.05) is 74.0 Å². The number of amides is 7. The molecule has 1 fully saturated rings. The van der Waals surface area contributed by atoms with E-state index in [1.165, 1.54) is 41.9 Å². The highest BCUT2D eigenvalue weighted by Crippen LogP contribution is 2.50. The molecule has 8 aromatic rings. The van der Waals surface area contributed by atoms with Crippen molar-refractivity contribution in [2.75, 3.05) is 85.1 Å². The predicted molar refractivity (Wildman–Crippen MR) is 382 cm³/mol. The molecule has 5 aromatic carbocycles. The van der Waals surface area contributed by atoms with E-state index in [0.717, 1.165) is 53.2 Å². The van der Waals surface area contributed by atoms with Crippen molar-refractivity contribution in [2.24, 2.45) is 11.7 Å². The Morgan fingerprint density at radius 1 is 0.814 bits per heavy atom. The topological polar surface area (TPSA) is 318 Å². The first-order valence-electron chi connectivity index (χ1n) is 33.3. The number of hydrogen-bond donors (Lipinski definition) is 6. The molecule has 1 saturated heterocycles. The first kappa shape index (κ1) is 74.2. The van der Waals surface area contributed by atoms with Crippen LogP contribution in [0.25, 0.3) is 43.2 Å². The molecule has 534 valence electrons. The van der Waals surface area contributed by atoms with Crippen LogP contribution in [0, 0.1) is 18.7 Å². The van der Waals surface area contributed by atoms with Crippen molar-refractivity contribution in [1.82, 2.24) is 45.7 Å². The lowest BCUT2D eigenvalue weighted by molar-refractivity contribution is -0.926. The van der Waals surface area contributed by atoms with Gasteiger partial charge in [0.25, 0.3) is 11.8 Å². The molecule has 7 N–H and O–H groups in total. The number of fused-ring (bicyclic) bond motifs is 1. The largest absolute Gasteiger partial charge is 0.497 e. The van der Waals surface area contributed by atoms with Crippen LogP contribution >= 0.6 is 22.9 Å². The van der Waals surface area contributed by atoms with Gasteiger partial charge in [-0.05, 0) is 115 Å². The molecule has 25 nitrogen and oxygen atoms in total. The molecule has 0 bridgehead atoms. The monoisotopic (exact) mass is 1430 g/mol. The summed E-state index contributed by atoms with van der Waals surface area (Å²) in [6.07, 6.45) is 4.14. The van der Waals surface area contributed by atoms with E-state index in [1.54, 1.807) is 75.7 Å². The Labute approximate surface area is 598 Å². The summed E-state index contributed by atoms with van der Waals surface area (Å²) < 4.78 is 45.2. The third-order valence-corrected chi connectivity index (χ3v) is 19.2. The molecule has 0 aliphatic carbocycles. The number of carboxylic acid groups (broad SMARTS) is 1. The van der Waals surface area contributed by atoms with Gasteiger partial charge >= 0.3 is 12.0 Å². The summed E-state index contributed by atoms with van der Waals surface area (Å²) in [4.78, 5) is 112. The minimum absolute atomic E-state index is 0.0228. The van der Waals surface area contributed by atoms with Crippen LogP contribution in [0.3, 0.4) is 0 Å². The van der Waals surface area contributed by atoms with Gasteiger partial charge in [0, 0.05) is 84.6 Å². The first-order chi connectivity index (χ1) is 49.1. The molecule has 0 spiro atoms. The molecule has 2 aliphatic rings. The van der Waals surface area contributed by atoms with Gasteiger partial charge in [-0.15, -0.1) is 11.3 Å². The quantitative estimate of drug-likeness (QED) is 0.0124. The number of methoxy groups -OCH3 is 1. The summed E-state index contributed by atoms with van der Waals surface area (Å²) in [5, 5.41) is 22.6. The molecule has 0 saturated carbocycles. The Hall–Kier alpha value is -10.5. The third kappa shape index (κ3) is 19.5. The number of carbonyl (C=O) groups is 7. The molecule has 3 aromatic heterocycles. The summed E-state index contributed by atoms with van der Waals surface area (Å²) in [6.45, 7) is 10.7. The summed E-state index contributed by atoms with van der Waals surface area (Å²) in [6, 6.07) is 30.8. The molecule has 0 unspecified atom stereocenters. The predicted octanol–water partition coefficient (Wildman–Crippen LogP) is 8.93. The van der Waals surface area contributed by atoms with Gasteiger partial charge in [-0.2, -0.15) is 0 Å². The summed E-state index contributed by atoms with van der Waals surface area (Å²) in [5.74, 6) is -2.29. The van der Waals surface area contributed by atoms with Crippen LogP contribution in [0.1, 0.15) is 55.5 Å². The zero-order valence-corrected chi connectivity index (χ0v) is 58.7. The third-order valence-electron chi connectivity index (χ3n) is 17.6. The van der Waals surface area contributed by atoms with E-state index in [0.29, 0.717) is 102 Å². The molecule has 0 radical (unpaired) electrons. The highest BCUT2D eigenvalue weighted by atomic mass is 35.5. The lowest BCUT2D eigenvalue weighted by Gasteiger charge is -2.42. The number of nitrogens with two attached hydrogens (primary N) is 1. The number of para-hydroxylation sites is 1. The fourth-order valence-corrected chi connectivity index (χ4v) is 13.2. The molecule has 28 heteroatoms. The molecule has 2 aliphatic heterocycles. The number of primary amides is 1. The van der Waals surface area contributed by atoms with Crippen LogP contribution in [0.15, 0.2) is 140 Å². The SMILES string of the molecule is COc1ccc(-c2nccc(COc3ccccc3C[C@@H](Oc3ncnc4sc(-c5ccc(F)cc5)c(-c5ccc(OCCN6CC[N+](C)(Cc7ccc(NC(=O)[C@H](CCCNC(N)=O)NC(=O)[C@@H](NC(=O)CCOCCN8C(=O)C=CC8=O)C(C)C)cc7)CC6)c(Cl)c5C)c34)C(=O)O)n2)cc1. The molecule has 3 atom stereocenters. The number of carboxylic acids is 1. The fourth-order valence-electron chi connectivity index (χ4n) is 11.9. The summed E-state index contributed by atoms with van der Waals surface area (Å²) in [5.41, 5.74) is 11.5. The Morgan fingerprint density at radius 2 is 1.54 bits per heavy atom. The van der Waals surface area contributed by atoms with Crippen molar-refractivity contribution >= 4 is 80.4 Å². The van der Waals surface area contributed by atoms with Gasteiger partial charge in [0.2, 0.25) is 29.7 Å². The maximum atomic E-state index is 14.5. The number of urea groups is 1. The molecule has 7 amide bonds. The van der Waals surface area contributed by atoms with E-state index in [2.05, 4.69) is 48.2 Å². The van der Waals surface area contributed by atoms with Crippen LogP contribution < -0.4 is 45.9 Å². The smallest absolute Gasteiger partial charge is 0.345 e. The van der Waals surface area contributed by atoms with Crippen LogP contribution in [-0.4, -0.2) is 179 Å². The maximum Gasteiger partial charge on any atom is 0.345 e. The summed E-state index contributed by atoms with van der Waals surface area (Å²) >= 11 is 8.57. The number of nitrogens with zero attached hydrogens (tertiary/aromatic N) is 7. The average Bonchev–Trinajstić information content (AvgIpc) is 1.58. The van der Waals surface area contributed by atoms with Gasteiger partial charge < -0.3 is 60.3 Å². The second-order valence-corrected chi connectivity index (χ2v) is 26.7. The number of quaternary nitrogens is 1. The standard InChI is InChI=1S/C74H80ClFN12O13S/c1-45(2)66(85-60(89)29-38-98-39-35-87-61(90)26-27-62(87)91)70(93)84-56(10-8-30-79-74(77)96)69(92)83-52-20-12-47(13-21-52)42-88(4)36-32-86(33-37-88)34-40-99-58-25-24-55(46(3)65(58)75)63-64-71(80-44-81-72(64)102-67(63)48-14-18-51(76)19-15-48)101-59(73(94)95)41-50-9-6-7-11-57(50)100-43-53-28-31-78-68(82-53)49-16-22-54(97-5)23-17-49/h6-7,9,11-28,31,44-45,56,59,66H,8,10,29-30,32-43H2,1-5H3,(H6-,77,79,83,84,85,89,92,93,94,95,96)/p+1/t56-,59+,66-/m0/s1. The van der Waals surface area contributed by atoms with Gasteiger partial charge in [0.15, 0.2) is 5.82 Å². The van der Waals surface area contributed by atoms with Crippen molar-refractivity contribution in [1.29, 1.82) is 0 Å². The number of hydrogen-bond acceptors (Lipinski definition) is 18. The number of carbonyl (C=O) groups excluding carboxylic acids is 6. The minimum atomic E-state index is -1.44. The van der Waals surface area contributed by atoms with Gasteiger partial charge in [0.1, 0.15) is 66.1 Å². The Bertz CT molecular complexity index is 4330. The Kier molecular flexibility index (Phi) is 25.3. The number of piperazine rings is 1. The van der Waals surface area contributed by atoms with Crippen LogP contribution in [0.5, 0.6) is 23.1 Å². The number of aliphatic carboxylic acids is 1. The normalized spacial score (nSPS) is 14.5. The van der Waals surface area contributed by atoms with E-state index in [-0.39, 0.29) is 64.0 Å². The van der Waals surface area contributed by atoms with E-state index in [4.69, 9.17) is 46.0 Å². The number of halogens is 2. The number of nitrogens with one attached hydrogen (secondary N) is 4. The number of anilines is 1. The van der Waals surface area contributed by atoms with E-state index in [9.17, 15) is 43.1 Å². The van der Waals surface area contributed by atoms with Crippen molar-refractivity contribution < 1.29 is 71.2 Å². The molecular formula is C74H81ClFN12O13S+. The number of likely N-dealkylation sites (N-methyl/N-ethyl adjacent to an activating group) is 1. The van der Waals surface area contributed by atoms with Crippen molar-refractivity contribution in [3.8, 4) is 56.1 Å². The fraction of sp³-hybridized carbons (Fsp3) is 0.338. The zero-order valence-electron chi connectivity index (χ0n) is 57.1. The van der Waals surface area contributed by atoms with Crippen LogP contribution in [0.4, 0.5) is 14.9 Å². The molecule has 102 heavy (non-hydrogen) atoms. The average molecular weight is 1430 g/mol. The number of rotatable bonds is 34. The zero-order chi connectivity index (χ0) is 72.5. The number of benzene rings is 5. The Morgan fingerprint density at radius 3 is 2.25 bits per heavy atom. The van der Waals surface area contributed by atoms with Crippen molar-refractivity contribution in [2.45, 2.75) is 77.8 Å². The first-order valence-corrected chi connectivity index (χ1v) is 34.5. The second kappa shape index (κ2) is 34.8. The van der Waals surface area contributed by atoms with E-state index < -0.39 is 65.5 Å². The lowest BCUT2D eigenvalue weighted by atomic mass is 9.96. The highest BCUT2D eigenvalue weighted by Gasteiger charge is 2.33. The van der Waals surface area contributed by atoms with Gasteiger partial charge in [0.05, 0.1) is 63.1 Å². The van der Waals surface area contributed by atoms with Crippen LogP contribution in [0.2, 0.25) is 5.02 Å². The maximum absolute atomic E-state index is 14.5. The minimum Gasteiger partial charge on any atom is -0.497 e. The second-order valence-electron chi connectivity index (χ2n) is 25.3. The lowest BCUT2D eigenvalue weighted by Crippen LogP contribution is -2.57. The number of ether oxygens (including phenoxy) is 5. The van der Waals surface area contributed by atoms with Crippen molar-refractivity contribution in [3.63, 3.8) is 0 Å². The Balaban J connectivity index is 0.740. The molecular weight excluding hydrogens is 1350 g/mol. The van der Waals surface area contributed by atoms with E-state index in [1.807, 2.05) is 61.5 Å². The van der Waals surface area contributed by atoms with Gasteiger partial charge in [-0.25, -0.2) is 33.9 Å². The number of imide groups is 1. The summed E-state index contributed by atoms with van der Waals surface area (Å²) in [7, 11) is 3.81.